The number of amides is 2. The average Bonchev–Trinajstić information content (AvgIpc) is 2.61. The number of para-hydroxylation sites is 1. The van der Waals surface area contributed by atoms with Gasteiger partial charge in [0.25, 0.3) is 5.91 Å². The first-order valence-corrected chi connectivity index (χ1v) is 6.90. The van der Waals surface area contributed by atoms with Crippen LogP contribution in [0.3, 0.4) is 0 Å². The Bertz CT molecular complexity index is 680. The number of rotatable bonds is 3. The number of fused-ring (bicyclic) bond motifs is 1. The van der Waals surface area contributed by atoms with Crippen LogP contribution in [-0.2, 0) is 24.7 Å². The van der Waals surface area contributed by atoms with Crippen LogP contribution < -0.4 is 4.90 Å². The van der Waals surface area contributed by atoms with Crippen molar-refractivity contribution in [2.24, 2.45) is 4.99 Å². The number of hydrogen-bond acceptors (Lipinski definition) is 4. The summed E-state index contributed by atoms with van der Waals surface area (Å²) in [6.45, 7) is 4.23. The van der Waals surface area contributed by atoms with E-state index < -0.39 is 11.6 Å². The smallest absolute Gasteiger partial charge is 0.304 e. The molecule has 0 unspecified atom stereocenters. The maximum Gasteiger partial charge on any atom is 0.304 e. The number of ether oxygens (including phenoxy) is 1. The lowest BCUT2D eigenvalue weighted by molar-refractivity contribution is -0.164. The van der Waals surface area contributed by atoms with Gasteiger partial charge >= 0.3 is 5.97 Å². The third-order valence-corrected chi connectivity index (χ3v) is 3.52. The molecule has 0 aromatic heterocycles. The zero-order chi connectivity index (χ0) is 16.5. The zero-order valence-corrected chi connectivity index (χ0v) is 13.0. The number of carbonyl (C=O) groups is 3. The van der Waals surface area contributed by atoms with E-state index in [0.29, 0.717) is 17.0 Å². The van der Waals surface area contributed by atoms with Gasteiger partial charge in [-0.05, 0) is 13.0 Å². The van der Waals surface area contributed by atoms with Crippen molar-refractivity contribution in [3.05, 3.63) is 29.8 Å². The first-order valence-electron chi connectivity index (χ1n) is 6.90. The summed E-state index contributed by atoms with van der Waals surface area (Å²) in [5, 5.41) is 0. The molecule has 1 aromatic carbocycles. The van der Waals surface area contributed by atoms with Gasteiger partial charge in [-0.25, -0.2) is 4.99 Å². The van der Waals surface area contributed by atoms with E-state index in [1.54, 1.807) is 32.2 Å². The SMILES string of the molecule is CC(=O)N=C(C)C[C@@]1(OC(C)=O)C(=O)N(C)c2ccccc21. The minimum Gasteiger partial charge on any atom is -0.444 e. The maximum absolute atomic E-state index is 12.7. The van der Waals surface area contributed by atoms with E-state index in [0.717, 1.165) is 0 Å². The molecule has 1 atom stereocenters. The molecule has 0 saturated heterocycles. The number of nitrogens with zero attached hydrogens (tertiary/aromatic N) is 2. The lowest BCUT2D eigenvalue weighted by atomic mass is 9.89. The first-order chi connectivity index (χ1) is 10.3. The van der Waals surface area contributed by atoms with E-state index in [-0.39, 0.29) is 18.2 Å². The number of aliphatic imine (C=N–C) groups is 1. The fourth-order valence-corrected chi connectivity index (χ4v) is 2.82. The van der Waals surface area contributed by atoms with Crippen molar-refractivity contribution >= 4 is 29.2 Å². The lowest BCUT2D eigenvalue weighted by Gasteiger charge is -2.27. The summed E-state index contributed by atoms with van der Waals surface area (Å²) in [6, 6.07) is 7.13. The van der Waals surface area contributed by atoms with Gasteiger partial charge in [0.15, 0.2) is 0 Å². The first kappa shape index (κ1) is 15.9. The van der Waals surface area contributed by atoms with E-state index >= 15 is 0 Å². The molecule has 1 aliphatic rings. The molecule has 1 heterocycles. The van der Waals surface area contributed by atoms with Gasteiger partial charge in [0.2, 0.25) is 11.5 Å². The highest BCUT2D eigenvalue weighted by Gasteiger charge is 2.53. The molecule has 1 aliphatic heterocycles. The number of anilines is 1. The Labute approximate surface area is 128 Å². The fraction of sp³-hybridized carbons (Fsp3) is 0.375. The third-order valence-electron chi connectivity index (χ3n) is 3.52. The summed E-state index contributed by atoms with van der Waals surface area (Å²) in [6.07, 6.45) is 0.0480. The Kier molecular flexibility index (Phi) is 4.12. The molecular formula is C16H18N2O4. The van der Waals surface area contributed by atoms with Crippen LogP contribution in [0.5, 0.6) is 0 Å². The number of likely N-dealkylation sites (N-methyl/N-ethyl adjacent to an activating group) is 1. The van der Waals surface area contributed by atoms with Gasteiger partial charge in [0, 0.05) is 38.6 Å². The van der Waals surface area contributed by atoms with Crippen molar-refractivity contribution in [3.63, 3.8) is 0 Å². The second-order valence-corrected chi connectivity index (χ2v) is 5.34. The van der Waals surface area contributed by atoms with Gasteiger partial charge in [0.1, 0.15) is 0 Å². The normalized spacial score (nSPS) is 20.8. The number of hydrogen-bond donors (Lipinski definition) is 0. The molecule has 116 valence electrons. The van der Waals surface area contributed by atoms with Crippen molar-refractivity contribution < 1.29 is 19.1 Å². The van der Waals surface area contributed by atoms with Crippen LogP contribution in [0.15, 0.2) is 29.3 Å². The van der Waals surface area contributed by atoms with E-state index in [9.17, 15) is 14.4 Å². The van der Waals surface area contributed by atoms with Crippen molar-refractivity contribution in [3.8, 4) is 0 Å². The summed E-state index contributed by atoms with van der Waals surface area (Å²) in [5.41, 5.74) is 0.271. The molecule has 6 nitrogen and oxygen atoms in total. The topological polar surface area (TPSA) is 76.0 Å². The van der Waals surface area contributed by atoms with Crippen molar-refractivity contribution in [2.75, 3.05) is 11.9 Å². The molecule has 0 radical (unpaired) electrons. The molecule has 0 bridgehead atoms. The summed E-state index contributed by atoms with van der Waals surface area (Å²) < 4.78 is 5.44. The zero-order valence-electron chi connectivity index (χ0n) is 13.0. The molecule has 6 heteroatoms. The monoisotopic (exact) mass is 302 g/mol. The van der Waals surface area contributed by atoms with E-state index in [4.69, 9.17) is 4.74 Å². The van der Waals surface area contributed by atoms with Gasteiger partial charge < -0.3 is 9.64 Å². The standard InChI is InChI=1S/C16H18N2O4/c1-10(17-11(2)19)9-16(22-12(3)20)13-7-5-6-8-14(13)18(4)15(16)21/h5-8H,9H2,1-4H3/t16-/m0/s1. The quantitative estimate of drug-likeness (QED) is 0.630. The van der Waals surface area contributed by atoms with Gasteiger partial charge in [-0.2, -0.15) is 0 Å². The maximum atomic E-state index is 12.7. The molecule has 0 N–H and O–H groups in total. The summed E-state index contributed by atoms with van der Waals surface area (Å²) in [5.74, 6) is -1.27. The summed E-state index contributed by atoms with van der Waals surface area (Å²) >= 11 is 0. The Balaban J connectivity index is 2.57. The van der Waals surface area contributed by atoms with Crippen LogP contribution in [0.4, 0.5) is 5.69 Å². The second-order valence-electron chi connectivity index (χ2n) is 5.34. The molecule has 2 rings (SSSR count). The molecule has 0 fully saturated rings. The van der Waals surface area contributed by atoms with E-state index in [1.165, 1.54) is 18.7 Å². The Morgan fingerprint density at radius 3 is 2.45 bits per heavy atom. The largest absolute Gasteiger partial charge is 0.444 e. The minimum atomic E-state index is -1.46. The van der Waals surface area contributed by atoms with Crippen LogP contribution in [0, 0.1) is 0 Å². The highest BCUT2D eigenvalue weighted by Crippen LogP contribution is 2.44. The second kappa shape index (κ2) is 5.71. The summed E-state index contributed by atoms with van der Waals surface area (Å²) in [7, 11) is 1.63. The van der Waals surface area contributed by atoms with Gasteiger partial charge in [-0.15, -0.1) is 0 Å². The minimum absolute atomic E-state index is 0.0480. The van der Waals surface area contributed by atoms with Gasteiger partial charge in [-0.3, -0.25) is 14.4 Å². The molecule has 22 heavy (non-hydrogen) atoms. The third kappa shape index (κ3) is 2.64. The summed E-state index contributed by atoms with van der Waals surface area (Å²) in [4.78, 5) is 40.8. The van der Waals surface area contributed by atoms with Crippen molar-refractivity contribution in [2.45, 2.75) is 32.8 Å². The average molecular weight is 302 g/mol. The van der Waals surface area contributed by atoms with Crippen LogP contribution in [0.2, 0.25) is 0 Å². The van der Waals surface area contributed by atoms with Crippen LogP contribution in [-0.4, -0.2) is 30.5 Å². The highest BCUT2D eigenvalue weighted by atomic mass is 16.6. The Morgan fingerprint density at radius 2 is 1.86 bits per heavy atom. The van der Waals surface area contributed by atoms with Gasteiger partial charge in [-0.1, -0.05) is 18.2 Å². The van der Waals surface area contributed by atoms with E-state index in [1.807, 2.05) is 6.07 Å². The molecule has 0 saturated carbocycles. The molecule has 1 aromatic rings. The Morgan fingerprint density at radius 1 is 1.23 bits per heavy atom. The van der Waals surface area contributed by atoms with Crippen LogP contribution in [0.1, 0.15) is 32.8 Å². The fourth-order valence-electron chi connectivity index (χ4n) is 2.82. The number of benzene rings is 1. The van der Waals surface area contributed by atoms with Crippen LogP contribution in [0.25, 0.3) is 0 Å². The van der Waals surface area contributed by atoms with Gasteiger partial charge in [0.05, 0.1) is 5.69 Å². The lowest BCUT2D eigenvalue weighted by Crippen LogP contribution is -2.43. The van der Waals surface area contributed by atoms with E-state index in [2.05, 4.69) is 4.99 Å². The number of esters is 1. The highest BCUT2D eigenvalue weighted by molar-refractivity contribution is 6.10. The molecule has 2 amide bonds. The number of carbonyl (C=O) groups excluding carboxylic acids is 3. The predicted octanol–water partition coefficient (Wildman–Crippen LogP) is 1.82. The van der Waals surface area contributed by atoms with Crippen molar-refractivity contribution in [1.29, 1.82) is 0 Å². The Hall–Kier alpha value is -2.50. The molecular weight excluding hydrogens is 284 g/mol. The van der Waals surface area contributed by atoms with Crippen LogP contribution >= 0.6 is 0 Å². The van der Waals surface area contributed by atoms with Crippen molar-refractivity contribution in [1.82, 2.24) is 0 Å². The molecule has 0 aliphatic carbocycles. The molecule has 0 spiro atoms. The predicted molar refractivity (Wildman–Crippen MR) is 81.7 cm³/mol.